The van der Waals surface area contributed by atoms with Gasteiger partial charge in [0, 0.05) is 12.1 Å². The second-order valence-electron chi connectivity index (χ2n) is 4.78. The number of nitrogens with zero attached hydrogens (tertiary/aromatic N) is 2. The van der Waals surface area contributed by atoms with E-state index in [0.29, 0.717) is 5.75 Å². The first-order valence-electron chi connectivity index (χ1n) is 6.56. The minimum Gasteiger partial charge on any atom is -0.489 e. The standard InChI is InChI=1S/C14H16N2O3/c15-10-11-9-12(16(17)18)7-8-14(11)19-13-5-3-1-2-4-6-13/h7-9,13H,1-6H2. The number of rotatable bonds is 3. The summed E-state index contributed by atoms with van der Waals surface area (Å²) in [6.45, 7) is 0. The molecule has 5 heteroatoms. The molecule has 0 bridgehead atoms. The van der Waals surface area contributed by atoms with Crippen molar-refractivity contribution < 1.29 is 9.66 Å². The summed E-state index contributed by atoms with van der Waals surface area (Å²) in [6.07, 6.45) is 6.83. The van der Waals surface area contributed by atoms with Crippen LogP contribution in [0.4, 0.5) is 5.69 Å². The lowest BCUT2D eigenvalue weighted by atomic mass is 10.1. The summed E-state index contributed by atoms with van der Waals surface area (Å²) in [6, 6.07) is 6.15. The summed E-state index contributed by atoms with van der Waals surface area (Å²) in [7, 11) is 0. The highest BCUT2D eigenvalue weighted by atomic mass is 16.6. The van der Waals surface area contributed by atoms with Crippen LogP contribution in [0.2, 0.25) is 0 Å². The predicted molar refractivity (Wildman–Crippen MR) is 69.9 cm³/mol. The Morgan fingerprint density at radius 1 is 1.26 bits per heavy atom. The summed E-state index contributed by atoms with van der Waals surface area (Å²) in [5.41, 5.74) is 0.156. The molecular weight excluding hydrogens is 244 g/mol. The molecule has 0 saturated heterocycles. The molecule has 0 heterocycles. The van der Waals surface area contributed by atoms with Crippen LogP contribution in [-0.4, -0.2) is 11.0 Å². The maximum absolute atomic E-state index is 10.7. The van der Waals surface area contributed by atoms with Crippen molar-refractivity contribution in [2.24, 2.45) is 0 Å². The molecule has 100 valence electrons. The van der Waals surface area contributed by atoms with Gasteiger partial charge in [-0.2, -0.15) is 5.26 Å². The Kier molecular flexibility index (Phi) is 4.35. The third-order valence-electron chi connectivity index (χ3n) is 3.39. The highest BCUT2D eigenvalue weighted by molar-refractivity contribution is 5.50. The van der Waals surface area contributed by atoms with Crippen LogP contribution in [0.15, 0.2) is 18.2 Å². The quantitative estimate of drug-likeness (QED) is 0.473. The van der Waals surface area contributed by atoms with Gasteiger partial charge in [0.15, 0.2) is 0 Å². The van der Waals surface area contributed by atoms with Gasteiger partial charge in [-0.25, -0.2) is 0 Å². The zero-order chi connectivity index (χ0) is 13.7. The molecule has 1 aliphatic rings. The monoisotopic (exact) mass is 260 g/mol. The lowest BCUT2D eigenvalue weighted by Crippen LogP contribution is -2.15. The molecule has 1 aromatic carbocycles. The van der Waals surface area contributed by atoms with Gasteiger partial charge in [-0.1, -0.05) is 12.8 Å². The predicted octanol–water partition coefficient (Wildman–Crippen LogP) is 3.57. The van der Waals surface area contributed by atoms with E-state index in [4.69, 9.17) is 10.00 Å². The fourth-order valence-corrected chi connectivity index (χ4v) is 2.36. The number of non-ortho nitro benzene ring substituents is 1. The number of hydrogen-bond donors (Lipinski definition) is 0. The van der Waals surface area contributed by atoms with Gasteiger partial charge >= 0.3 is 0 Å². The topological polar surface area (TPSA) is 76.2 Å². The molecule has 0 unspecified atom stereocenters. The van der Waals surface area contributed by atoms with Crippen molar-refractivity contribution in [1.82, 2.24) is 0 Å². The average molecular weight is 260 g/mol. The summed E-state index contributed by atoms with van der Waals surface area (Å²) in [5, 5.41) is 19.7. The average Bonchev–Trinajstić information content (AvgIpc) is 2.67. The van der Waals surface area contributed by atoms with Crippen molar-refractivity contribution in [1.29, 1.82) is 5.26 Å². The third-order valence-corrected chi connectivity index (χ3v) is 3.39. The van der Waals surface area contributed by atoms with Gasteiger partial charge in [-0.15, -0.1) is 0 Å². The third kappa shape index (κ3) is 3.44. The lowest BCUT2D eigenvalue weighted by Gasteiger charge is -2.17. The molecule has 0 amide bonds. The number of nitriles is 1. The van der Waals surface area contributed by atoms with Gasteiger partial charge < -0.3 is 4.74 Å². The molecule has 0 aromatic heterocycles. The Bertz CT molecular complexity index is 500. The molecule has 0 spiro atoms. The van der Waals surface area contributed by atoms with E-state index in [1.807, 2.05) is 6.07 Å². The number of benzene rings is 1. The minimum atomic E-state index is -0.504. The second-order valence-corrected chi connectivity index (χ2v) is 4.78. The molecule has 0 N–H and O–H groups in total. The van der Waals surface area contributed by atoms with Crippen molar-refractivity contribution in [2.75, 3.05) is 0 Å². The van der Waals surface area contributed by atoms with Crippen LogP contribution >= 0.6 is 0 Å². The normalized spacial score (nSPS) is 16.4. The van der Waals surface area contributed by atoms with Crippen molar-refractivity contribution in [3.8, 4) is 11.8 Å². The minimum absolute atomic E-state index is 0.0789. The van der Waals surface area contributed by atoms with Crippen LogP contribution < -0.4 is 4.74 Å². The van der Waals surface area contributed by atoms with Gasteiger partial charge in [-0.05, 0) is 31.7 Å². The Hall–Kier alpha value is -2.09. The van der Waals surface area contributed by atoms with Gasteiger partial charge in [0.25, 0.3) is 5.69 Å². The molecule has 0 radical (unpaired) electrons. The largest absolute Gasteiger partial charge is 0.489 e. The zero-order valence-electron chi connectivity index (χ0n) is 10.7. The van der Waals surface area contributed by atoms with Crippen molar-refractivity contribution in [3.05, 3.63) is 33.9 Å². The highest BCUT2D eigenvalue weighted by Gasteiger charge is 2.17. The maximum Gasteiger partial charge on any atom is 0.271 e. The Labute approximate surface area is 112 Å². The Morgan fingerprint density at radius 2 is 1.95 bits per heavy atom. The zero-order valence-corrected chi connectivity index (χ0v) is 10.7. The first kappa shape index (κ1) is 13.3. The highest BCUT2D eigenvalue weighted by Crippen LogP contribution is 2.27. The first-order valence-corrected chi connectivity index (χ1v) is 6.56. The number of ether oxygens (including phenoxy) is 1. The second kappa shape index (κ2) is 6.19. The fourth-order valence-electron chi connectivity index (χ4n) is 2.36. The van der Waals surface area contributed by atoms with E-state index in [9.17, 15) is 10.1 Å². The molecule has 1 saturated carbocycles. The molecule has 5 nitrogen and oxygen atoms in total. The number of nitro groups is 1. The number of hydrogen-bond acceptors (Lipinski definition) is 4. The van der Waals surface area contributed by atoms with Crippen LogP contribution in [-0.2, 0) is 0 Å². The lowest BCUT2D eigenvalue weighted by molar-refractivity contribution is -0.384. The summed E-state index contributed by atoms with van der Waals surface area (Å²) in [4.78, 5) is 10.2. The number of nitro benzene ring substituents is 1. The van der Waals surface area contributed by atoms with E-state index in [-0.39, 0.29) is 17.4 Å². The molecule has 0 atom stereocenters. The molecule has 1 aliphatic carbocycles. The van der Waals surface area contributed by atoms with E-state index in [2.05, 4.69) is 0 Å². The summed E-state index contributed by atoms with van der Waals surface area (Å²) < 4.78 is 5.85. The SMILES string of the molecule is N#Cc1cc([N+](=O)[O-])ccc1OC1CCCCCC1. The van der Waals surface area contributed by atoms with E-state index >= 15 is 0 Å². The van der Waals surface area contributed by atoms with Crippen LogP contribution in [0.5, 0.6) is 5.75 Å². The Morgan fingerprint density at radius 3 is 2.53 bits per heavy atom. The van der Waals surface area contributed by atoms with Crippen molar-refractivity contribution in [2.45, 2.75) is 44.6 Å². The fraction of sp³-hybridized carbons (Fsp3) is 0.500. The summed E-state index contributed by atoms with van der Waals surface area (Å²) in [5.74, 6) is 0.458. The van der Waals surface area contributed by atoms with Gasteiger partial charge in [0.05, 0.1) is 11.0 Å². The molecule has 0 aliphatic heterocycles. The molecule has 2 rings (SSSR count). The van der Waals surface area contributed by atoms with E-state index in [1.54, 1.807) is 0 Å². The van der Waals surface area contributed by atoms with Crippen LogP contribution in [0.1, 0.15) is 44.1 Å². The molecule has 1 fully saturated rings. The van der Waals surface area contributed by atoms with Gasteiger partial charge in [0.2, 0.25) is 0 Å². The van der Waals surface area contributed by atoms with E-state index in [0.717, 1.165) is 25.7 Å². The van der Waals surface area contributed by atoms with E-state index in [1.165, 1.54) is 31.0 Å². The molecular formula is C14H16N2O3. The van der Waals surface area contributed by atoms with Crippen LogP contribution in [0.25, 0.3) is 0 Å². The van der Waals surface area contributed by atoms with Crippen LogP contribution in [0, 0.1) is 21.4 Å². The molecule has 19 heavy (non-hydrogen) atoms. The van der Waals surface area contributed by atoms with Gasteiger partial charge in [-0.3, -0.25) is 10.1 Å². The Balaban J connectivity index is 2.15. The first-order chi connectivity index (χ1) is 9.20. The van der Waals surface area contributed by atoms with Gasteiger partial charge in [0.1, 0.15) is 17.4 Å². The molecule has 1 aromatic rings. The summed E-state index contributed by atoms with van der Waals surface area (Å²) >= 11 is 0. The van der Waals surface area contributed by atoms with E-state index < -0.39 is 4.92 Å². The van der Waals surface area contributed by atoms with Crippen LogP contribution in [0.3, 0.4) is 0 Å². The van der Waals surface area contributed by atoms with Crippen molar-refractivity contribution >= 4 is 5.69 Å². The van der Waals surface area contributed by atoms with Crippen molar-refractivity contribution in [3.63, 3.8) is 0 Å². The smallest absolute Gasteiger partial charge is 0.271 e. The maximum atomic E-state index is 10.7.